The second-order valence-electron chi connectivity index (χ2n) is 11.8. The van der Waals surface area contributed by atoms with Crippen molar-refractivity contribution in [1.29, 1.82) is 0 Å². The summed E-state index contributed by atoms with van der Waals surface area (Å²) in [5.41, 5.74) is 6.35. The number of hydrogen-bond acceptors (Lipinski definition) is 5. The molecule has 3 heterocycles. The van der Waals surface area contributed by atoms with Crippen LogP contribution in [0.5, 0.6) is 11.5 Å². The number of ether oxygens (including phenoxy) is 1. The molecule has 0 atom stereocenters. The third kappa shape index (κ3) is 4.82. The predicted octanol–water partition coefficient (Wildman–Crippen LogP) is 9.84. The fourth-order valence-electron chi connectivity index (χ4n) is 5.75. The number of aromatic nitrogens is 1. The molecule has 5 aromatic carbocycles. The fourth-order valence-corrected chi connectivity index (χ4v) is 5.75. The molecular weight excluding hydrogens is 726 g/mol. The maximum absolute atomic E-state index is 6.58. The van der Waals surface area contributed by atoms with Gasteiger partial charge in [-0.25, -0.2) is 0 Å². The van der Waals surface area contributed by atoms with Gasteiger partial charge in [-0.1, -0.05) is 80.8 Å². The number of rotatable bonds is 5. The van der Waals surface area contributed by atoms with Crippen LogP contribution in [0.25, 0.3) is 44.0 Å². The Hall–Kier alpha value is -4.60. The molecule has 7 aromatic rings. The van der Waals surface area contributed by atoms with E-state index in [0.717, 1.165) is 49.8 Å². The molecule has 0 aliphatic carbocycles. The van der Waals surface area contributed by atoms with Gasteiger partial charge < -0.3 is 23.9 Å². The van der Waals surface area contributed by atoms with Gasteiger partial charge in [0.25, 0.3) is 0 Å². The summed E-state index contributed by atoms with van der Waals surface area (Å²) in [5, 5.41) is 4.26. The van der Waals surface area contributed by atoms with Gasteiger partial charge in [0.15, 0.2) is 0 Å². The first-order valence-electron chi connectivity index (χ1n) is 14.4. The van der Waals surface area contributed by atoms with Crippen molar-refractivity contribution < 1.29 is 30.2 Å². The van der Waals surface area contributed by atoms with Gasteiger partial charge in [0.1, 0.15) is 5.58 Å². The second-order valence-corrected chi connectivity index (χ2v) is 11.8. The normalized spacial score (nSPS) is 13.3. The second kappa shape index (κ2) is 10.8. The van der Waals surface area contributed by atoms with Crippen LogP contribution in [-0.2, 0) is 26.5 Å². The Labute approximate surface area is 271 Å². The van der Waals surface area contributed by atoms with Crippen molar-refractivity contribution >= 4 is 44.1 Å². The van der Waals surface area contributed by atoms with Crippen molar-refractivity contribution in [3.63, 3.8) is 0 Å². The van der Waals surface area contributed by atoms with Crippen molar-refractivity contribution in [2.24, 2.45) is 0 Å². The molecular formula is C38H28N3O2Pt-3. The quantitative estimate of drug-likeness (QED) is 0.129. The molecule has 0 saturated carbocycles. The van der Waals surface area contributed by atoms with E-state index < -0.39 is 0 Å². The van der Waals surface area contributed by atoms with Crippen LogP contribution >= 0.6 is 0 Å². The van der Waals surface area contributed by atoms with Crippen LogP contribution in [0.15, 0.2) is 114 Å². The van der Waals surface area contributed by atoms with Crippen molar-refractivity contribution in [1.82, 2.24) is 4.98 Å². The zero-order valence-electron chi connectivity index (χ0n) is 24.4. The van der Waals surface area contributed by atoms with E-state index in [0.29, 0.717) is 17.1 Å². The van der Waals surface area contributed by atoms with E-state index in [1.807, 2.05) is 78.7 Å². The molecule has 0 saturated heterocycles. The molecule has 6 heteroatoms. The third-order valence-electron chi connectivity index (χ3n) is 7.98. The molecule has 1 aliphatic heterocycles. The number of anilines is 2. The van der Waals surface area contributed by atoms with E-state index in [2.05, 4.69) is 80.3 Å². The van der Waals surface area contributed by atoms with Gasteiger partial charge in [-0.2, -0.15) is 6.07 Å². The topological polar surface area (TPSA) is 41.7 Å². The molecule has 0 bridgehead atoms. The van der Waals surface area contributed by atoms with E-state index in [1.165, 1.54) is 5.56 Å². The van der Waals surface area contributed by atoms with E-state index in [9.17, 15) is 0 Å². The van der Waals surface area contributed by atoms with Crippen molar-refractivity contribution in [3.05, 3.63) is 134 Å². The summed E-state index contributed by atoms with van der Waals surface area (Å²) in [4.78, 5) is 8.88. The largest absolute Gasteiger partial charge is 0.500 e. The zero-order chi connectivity index (χ0) is 29.1. The number of pyridine rings is 1. The first-order chi connectivity index (χ1) is 20.9. The fraction of sp³-hybridized carbons (Fsp3) is 0.105. The Kier molecular flexibility index (Phi) is 6.94. The zero-order valence-corrected chi connectivity index (χ0v) is 26.7. The van der Waals surface area contributed by atoms with Crippen LogP contribution in [0.4, 0.5) is 11.4 Å². The van der Waals surface area contributed by atoms with Crippen LogP contribution in [0.1, 0.15) is 26.3 Å². The summed E-state index contributed by atoms with van der Waals surface area (Å²) in [6.45, 7) is 8.65. The van der Waals surface area contributed by atoms with Gasteiger partial charge in [0, 0.05) is 44.1 Å². The molecule has 0 radical (unpaired) electrons. The molecule has 1 aliphatic rings. The van der Waals surface area contributed by atoms with Crippen LogP contribution in [0, 0.1) is 18.8 Å². The van der Waals surface area contributed by atoms with Gasteiger partial charge in [0.05, 0.1) is 11.3 Å². The number of benzene rings is 5. The maximum Gasteiger partial charge on any atom is 0.121 e. The van der Waals surface area contributed by atoms with Crippen molar-refractivity contribution in [3.8, 4) is 22.8 Å². The summed E-state index contributed by atoms with van der Waals surface area (Å²) >= 11 is 0. The van der Waals surface area contributed by atoms with Gasteiger partial charge in [-0.3, -0.25) is 0 Å². The maximum atomic E-state index is 6.58. The average molecular weight is 754 g/mol. The summed E-state index contributed by atoms with van der Waals surface area (Å²) in [6.07, 6.45) is 5.91. The number of furan rings is 1. The van der Waals surface area contributed by atoms with Crippen LogP contribution in [0.2, 0.25) is 0 Å². The molecule has 0 N–H and O–H groups in total. The van der Waals surface area contributed by atoms with Gasteiger partial charge in [-0.05, 0) is 64.1 Å². The SMILES string of the molecule is CC(C)(C)c1ccnc(-c2[c-]c(Oc3[c-]c(N4C=CN(c5ccccc5)[CH-]4)ccc3)c3oc4cccc5ccc2c3c54)c1.[Pt]. The summed E-state index contributed by atoms with van der Waals surface area (Å²) < 4.78 is 13.0. The molecule has 0 unspecified atom stereocenters. The minimum Gasteiger partial charge on any atom is -0.500 e. The van der Waals surface area contributed by atoms with E-state index >= 15 is 0 Å². The molecule has 5 nitrogen and oxygen atoms in total. The molecule has 44 heavy (non-hydrogen) atoms. The van der Waals surface area contributed by atoms with Gasteiger partial charge in [0.2, 0.25) is 0 Å². The Balaban J connectivity index is 0.00000312. The average Bonchev–Trinajstić information content (AvgIpc) is 3.68. The van der Waals surface area contributed by atoms with Gasteiger partial charge >= 0.3 is 0 Å². The van der Waals surface area contributed by atoms with Crippen LogP contribution in [0.3, 0.4) is 0 Å². The Morgan fingerprint density at radius 3 is 2.48 bits per heavy atom. The van der Waals surface area contributed by atoms with E-state index in [1.54, 1.807) is 0 Å². The standard InChI is InChI=1S/C38H28N3O2.Pt/c1-38(2,3)26-17-18-39-32(21-26)31-23-34(37-36-30(31)16-15-25-9-7-14-33(43-37)35(25)36)42-29-13-8-12-28(22-29)41-20-19-40(24-41)27-10-5-4-6-11-27;/h4-21,24H,1-3H3;/q-3;. The monoisotopic (exact) mass is 753 g/mol. The van der Waals surface area contributed by atoms with Crippen molar-refractivity contribution in [2.75, 3.05) is 9.80 Å². The van der Waals surface area contributed by atoms with E-state index in [-0.39, 0.29) is 26.5 Å². The first-order valence-corrected chi connectivity index (χ1v) is 14.4. The Morgan fingerprint density at radius 1 is 0.818 bits per heavy atom. The Bertz CT molecular complexity index is 2150. The molecule has 220 valence electrons. The minimum atomic E-state index is -0.0176. The number of nitrogens with zero attached hydrogens (tertiary/aromatic N) is 3. The predicted molar refractivity (Wildman–Crippen MR) is 173 cm³/mol. The molecule has 0 amide bonds. The molecule has 2 aromatic heterocycles. The first kappa shape index (κ1) is 28.2. The third-order valence-corrected chi connectivity index (χ3v) is 7.98. The molecule has 8 rings (SSSR count). The molecule has 0 fully saturated rings. The number of hydrogen-bond donors (Lipinski definition) is 0. The van der Waals surface area contributed by atoms with Crippen LogP contribution < -0.4 is 14.5 Å². The summed E-state index contributed by atoms with van der Waals surface area (Å²) in [7, 11) is 0. The minimum absolute atomic E-state index is 0. The molecule has 0 spiro atoms. The van der Waals surface area contributed by atoms with Gasteiger partial charge in [-0.15, -0.1) is 36.1 Å². The van der Waals surface area contributed by atoms with Crippen molar-refractivity contribution in [2.45, 2.75) is 26.2 Å². The van der Waals surface area contributed by atoms with Crippen LogP contribution in [-0.4, -0.2) is 4.98 Å². The van der Waals surface area contributed by atoms with E-state index in [4.69, 9.17) is 14.1 Å². The summed E-state index contributed by atoms with van der Waals surface area (Å²) in [6, 6.07) is 37.8. The number of para-hydroxylation sites is 1. The summed E-state index contributed by atoms with van der Waals surface area (Å²) in [5.74, 6) is 1.08. The Morgan fingerprint density at radius 2 is 1.64 bits per heavy atom. The smallest absolute Gasteiger partial charge is 0.121 e.